The van der Waals surface area contributed by atoms with Crippen molar-refractivity contribution < 1.29 is 18.1 Å². The van der Waals surface area contributed by atoms with Crippen LogP contribution in [0.4, 0.5) is 11.4 Å². The van der Waals surface area contributed by atoms with E-state index in [1.54, 1.807) is 0 Å². The largest absolute Gasteiger partial charge is 0.372 e. The van der Waals surface area contributed by atoms with E-state index in [-0.39, 0.29) is 22.8 Å². The van der Waals surface area contributed by atoms with Crippen LogP contribution >= 0.6 is 0 Å². The molecule has 0 radical (unpaired) electrons. The third-order valence-electron chi connectivity index (χ3n) is 3.68. The molecule has 122 valence electrons. The molecule has 1 aliphatic rings. The Balaban J connectivity index is 2.48. The van der Waals surface area contributed by atoms with Crippen LogP contribution < -0.4 is 4.90 Å². The van der Waals surface area contributed by atoms with Gasteiger partial charge in [-0.25, -0.2) is 8.42 Å². The van der Waals surface area contributed by atoms with Crippen LogP contribution in [0.2, 0.25) is 0 Å². The second kappa shape index (κ2) is 6.21. The number of benzene rings is 1. The number of hydrogen-bond donors (Lipinski definition) is 0. The van der Waals surface area contributed by atoms with Gasteiger partial charge in [0.25, 0.3) is 5.69 Å². The van der Waals surface area contributed by atoms with E-state index >= 15 is 0 Å². The third kappa shape index (κ3) is 3.56. The molecule has 2 atom stereocenters. The van der Waals surface area contributed by atoms with Crippen LogP contribution in [0.1, 0.15) is 20.3 Å². The highest BCUT2D eigenvalue weighted by atomic mass is 32.2. The molecule has 1 aliphatic heterocycles. The maximum absolute atomic E-state index is 12.0. The van der Waals surface area contributed by atoms with Gasteiger partial charge in [-0.1, -0.05) is 6.92 Å². The molecule has 0 aliphatic carbocycles. The minimum absolute atomic E-state index is 0.00865. The van der Waals surface area contributed by atoms with Crippen molar-refractivity contribution in [1.82, 2.24) is 0 Å². The highest BCUT2D eigenvalue weighted by molar-refractivity contribution is 7.90. The highest BCUT2D eigenvalue weighted by Gasteiger charge is 2.28. The summed E-state index contributed by atoms with van der Waals surface area (Å²) in [7, 11) is -3.57. The number of ether oxygens (including phenoxy) is 1. The summed E-state index contributed by atoms with van der Waals surface area (Å²) in [5.74, 6) is 0. The molecule has 1 saturated heterocycles. The number of nitrogens with zero attached hydrogens (tertiary/aromatic N) is 2. The lowest BCUT2D eigenvalue weighted by Crippen LogP contribution is -2.46. The lowest BCUT2D eigenvalue weighted by atomic mass is 10.1. The monoisotopic (exact) mass is 328 g/mol. The Morgan fingerprint density at radius 1 is 1.41 bits per heavy atom. The molecular weight excluding hydrogens is 308 g/mol. The van der Waals surface area contributed by atoms with Crippen molar-refractivity contribution in [3.05, 3.63) is 28.3 Å². The molecule has 1 aromatic carbocycles. The van der Waals surface area contributed by atoms with Crippen molar-refractivity contribution >= 4 is 21.2 Å². The number of anilines is 1. The lowest BCUT2D eigenvalue weighted by Gasteiger charge is -2.38. The maximum atomic E-state index is 12.0. The SMILES string of the molecule is CCC1CN(c2ccc([N+](=O)[O-])cc2S(C)(=O)=O)CC(C)O1. The predicted octanol–water partition coefficient (Wildman–Crippen LogP) is 2.00. The Hall–Kier alpha value is -1.67. The smallest absolute Gasteiger partial charge is 0.270 e. The second-order valence-electron chi connectivity index (χ2n) is 5.56. The van der Waals surface area contributed by atoms with Crippen molar-refractivity contribution in [3.8, 4) is 0 Å². The number of sulfone groups is 1. The van der Waals surface area contributed by atoms with E-state index in [2.05, 4.69) is 0 Å². The van der Waals surface area contributed by atoms with Gasteiger partial charge in [0.05, 0.1) is 27.7 Å². The first kappa shape index (κ1) is 16.7. The number of hydrogen-bond acceptors (Lipinski definition) is 6. The molecular formula is C14H20N2O5S. The van der Waals surface area contributed by atoms with Gasteiger partial charge in [0, 0.05) is 31.5 Å². The van der Waals surface area contributed by atoms with E-state index in [0.717, 1.165) is 18.7 Å². The molecule has 7 nitrogen and oxygen atoms in total. The summed E-state index contributed by atoms with van der Waals surface area (Å²) in [5, 5.41) is 10.9. The van der Waals surface area contributed by atoms with Crippen LogP contribution in [0, 0.1) is 10.1 Å². The van der Waals surface area contributed by atoms with Crippen LogP contribution in [0.25, 0.3) is 0 Å². The predicted molar refractivity (Wildman–Crippen MR) is 83.0 cm³/mol. The van der Waals surface area contributed by atoms with Crippen LogP contribution in [0.15, 0.2) is 23.1 Å². The first-order valence-corrected chi connectivity index (χ1v) is 9.00. The van der Waals surface area contributed by atoms with Gasteiger partial charge >= 0.3 is 0 Å². The first-order chi connectivity index (χ1) is 10.2. The Labute approximate surface area is 129 Å². The molecule has 1 heterocycles. The van der Waals surface area contributed by atoms with Gasteiger partial charge in [-0.2, -0.15) is 0 Å². The van der Waals surface area contributed by atoms with Crippen molar-refractivity contribution in [2.75, 3.05) is 24.2 Å². The van der Waals surface area contributed by atoms with E-state index in [1.807, 2.05) is 18.7 Å². The van der Waals surface area contributed by atoms with E-state index in [0.29, 0.717) is 18.8 Å². The maximum Gasteiger partial charge on any atom is 0.270 e. The molecule has 0 aromatic heterocycles. The van der Waals surface area contributed by atoms with Crippen LogP contribution in [0.5, 0.6) is 0 Å². The van der Waals surface area contributed by atoms with Gasteiger partial charge < -0.3 is 9.64 Å². The fraction of sp³-hybridized carbons (Fsp3) is 0.571. The Bertz CT molecular complexity index is 674. The molecule has 0 N–H and O–H groups in total. The van der Waals surface area contributed by atoms with E-state index in [1.165, 1.54) is 12.1 Å². The molecule has 1 fully saturated rings. The van der Waals surface area contributed by atoms with E-state index < -0.39 is 14.8 Å². The summed E-state index contributed by atoms with van der Waals surface area (Å²) in [6.45, 7) is 5.06. The van der Waals surface area contributed by atoms with Crippen molar-refractivity contribution in [2.24, 2.45) is 0 Å². The summed E-state index contributed by atoms with van der Waals surface area (Å²) in [4.78, 5) is 12.2. The van der Waals surface area contributed by atoms with Gasteiger partial charge in [-0.3, -0.25) is 10.1 Å². The van der Waals surface area contributed by atoms with Crippen LogP contribution in [-0.2, 0) is 14.6 Å². The standard InChI is InChI=1S/C14H20N2O5S/c1-4-12-9-15(8-10(2)21-12)13-6-5-11(16(17)18)7-14(13)22(3,19)20/h5-7,10,12H,4,8-9H2,1-3H3. The van der Waals surface area contributed by atoms with Crippen molar-refractivity contribution in [3.63, 3.8) is 0 Å². The Morgan fingerprint density at radius 2 is 2.09 bits per heavy atom. The normalized spacial score (nSPS) is 22.6. The summed E-state index contributed by atoms with van der Waals surface area (Å²) in [6.07, 6.45) is 1.88. The topological polar surface area (TPSA) is 89.8 Å². The molecule has 1 aromatic rings. The van der Waals surface area contributed by atoms with Crippen LogP contribution in [-0.4, -0.2) is 44.9 Å². The molecule has 8 heteroatoms. The fourth-order valence-electron chi connectivity index (χ4n) is 2.64. The summed E-state index contributed by atoms with van der Waals surface area (Å²) in [6, 6.07) is 3.98. The van der Waals surface area contributed by atoms with E-state index in [4.69, 9.17) is 4.74 Å². The summed E-state index contributed by atoms with van der Waals surface area (Å²) >= 11 is 0. The number of nitro benzene ring substituents is 1. The Kier molecular flexibility index (Phi) is 4.72. The average Bonchev–Trinajstić information content (AvgIpc) is 2.44. The molecule has 2 rings (SSSR count). The minimum atomic E-state index is -3.57. The molecule has 0 bridgehead atoms. The number of morpholine rings is 1. The average molecular weight is 328 g/mol. The molecule has 2 unspecified atom stereocenters. The van der Waals surface area contributed by atoms with Gasteiger partial charge in [-0.05, 0) is 19.4 Å². The van der Waals surface area contributed by atoms with Gasteiger partial charge in [0.2, 0.25) is 0 Å². The van der Waals surface area contributed by atoms with Gasteiger partial charge in [0.1, 0.15) is 0 Å². The first-order valence-electron chi connectivity index (χ1n) is 7.11. The quantitative estimate of drug-likeness (QED) is 0.620. The number of non-ortho nitro benzene ring substituents is 1. The highest BCUT2D eigenvalue weighted by Crippen LogP contribution is 2.31. The number of nitro groups is 1. The fourth-order valence-corrected chi connectivity index (χ4v) is 3.55. The molecule has 22 heavy (non-hydrogen) atoms. The van der Waals surface area contributed by atoms with E-state index in [9.17, 15) is 18.5 Å². The molecule has 0 spiro atoms. The van der Waals surface area contributed by atoms with Gasteiger partial charge in [-0.15, -0.1) is 0 Å². The van der Waals surface area contributed by atoms with Crippen LogP contribution in [0.3, 0.4) is 0 Å². The molecule has 0 saturated carbocycles. The summed E-state index contributed by atoms with van der Waals surface area (Å²) in [5.41, 5.74) is 0.277. The van der Waals surface area contributed by atoms with Gasteiger partial charge in [0.15, 0.2) is 9.84 Å². The zero-order chi connectivity index (χ0) is 16.5. The summed E-state index contributed by atoms with van der Waals surface area (Å²) < 4.78 is 29.8. The second-order valence-corrected chi connectivity index (χ2v) is 7.55. The third-order valence-corrected chi connectivity index (χ3v) is 4.80. The lowest BCUT2D eigenvalue weighted by molar-refractivity contribution is -0.385. The zero-order valence-corrected chi connectivity index (χ0v) is 13.7. The number of rotatable bonds is 4. The molecule has 0 amide bonds. The van der Waals surface area contributed by atoms with Crippen molar-refractivity contribution in [2.45, 2.75) is 37.4 Å². The van der Waals surface area contributed by atoms with Crippen molar-refractivity contribution in [1.29, 1.82) is 0 Å². The Morgan fingerprint density at radius 3 is 2.64 bits per heavy atom. The minimum Gasteiger partial charge on any atom is -0.372 e. The zero-order valence-electron chi connectivity index (χ0n) is 12.9.